The third-order valence-electron chi connectivity index (χ3n) is 7.31. The summed E-state index contributed by atoms with van der Waals surface area (Å²) in [6.07, 6.45) is -1.03. The molecule has 0 N–H and O–H groups in total. The van der Waals surface area contributed by atoms with Crippen LogP contribution in [0.3, 0.4) is 0 Å². The fourth-order valence-corrected chi connectivity index (χ4v) is 8.96. The van der Waals surface area contributed by atoms with Crippen LogP contribution in [0.4, 0.5) is 0 Å². The van der Waals surface area contributed by atoms with Crippen LogP contribution < -0.4 is 14.7 Å². The molecule has 0 radical (unpaired) electrons. The van der Waals surface area contributed by atoms with Crippen LogP contribution >= 0.6 is 22.8 Å². The van der Waals surface area contributed by atoms with Crippen LogP contribution in [0.25, 0.3) is 10.9 Å². The van der Waals surface area contributed by atoms with Gasteiger partial charge in [0.05, 0.1) is 49.9 Å². The van der Waals surface area contributed by atoms with Crippen molar-refractivity contribution in [1.29, 1.82) is 0 Å². The van der Waals surface area contributed by atoms with Gasteiger partial charge in [-0.15, -0.1) is 0 Å². The molecule has 0 amide bonds. The second-order valence-corrected chi connectivity index (χ2v) is 16.4. The van der Waals surface area contributed by atoms with Crippen LogP contribution in [0.15, 0.2) is 30.3 Å². The van der Waals surface area contributed by atoms with Crippen molar-refractivity contribution in [2.75, 3.05) is 91.0 Å². The molecular formula is C28H47EuN5O9P3. The number of aryl methyl sites for hydroxylation is 1. The van der Waals surface area contributed by atoms with Crippen molar-refractivity contribution in [1.82, 2.24) is 24.6 Å². The van der Waals surface area contributed by atoms with Crippen molar-refractivity contribution in [3.8, 4) is 0 Å². The first-order valence-electron chi connectivity index (χ1n) is 15.3. The Hall–Kier alpha value is 0.504. The summed E-state index contributed by atoms with van der Waals surface area (Å²) in [4.78, 5) is 50.0. The van der Waals surface area contributed by atoms with E-state index >= 15 is 0 Å². The molecule has 0 bridgehead atoms. The van der Waals surface area contributed by atoms with E-state index in [1.54, 1.807) is 35.5 Å². The third-order valence-corrected chi connectivity index (χ3v) is 11.5. The summed E-state index contributed by atoms with van der Waals surface area (Å²) in [6.45, 7) is 9.85. The first-order valence-corrected chi connectivity index (χ1v) is 20.5. The quantitative estimate of drug-likeness (QED) is 0.253. The van der Waals surface area contributed by atoms with Gasteiger partial charge >= 0.3 is 49.4 Å². The molecule has 14 nitrogen and oxygen atoms in total. The van der Waals surface area contributed by atoms with Gasteiger partial charge in [-0.05, 0) is 45.9 Å². The Labute approximate surface area is 313 Å². The van der Waals surface area contributed by atoms with E-state index < -0.39 is 22.8 Å². The molecule has 0 spiro atoms. The van der Waals surface area contributed by atoms with Gasteiger partial charge in [-0.1, -0.05) is 17.7 Å². The SMILES string of the molecule is CCOP(=O)([O-])CN1CCN(Cc2ccc3cc(C)ccc3n2)CCN(CP(=O)([O-])OCC)CCN(CP(=O)([O-])OCC)CC1.[Eu+3]. The van der Waals surface area contributed by atoms with Gasteiger partial charge in [-0.3, -0.25) is 24.6 Å². The molecule has 260 valence electrons. The van der Waals surface area contributed by atoms with Crippen molar-refractivity contribution in [2.45, 2.75) is 34.2 Å². The minimum atomic E-state index is -4.21. The average molecular weight is 843 g/mol. The Kier molecular flexibility index (Phi) is 18.9. The molecule has 1 saturated heterocycles. The number of benzene rings is 1. The Balaban J connectivity index is 0.00000736. The van der Waals surface area contributed by atoms with Crippen molar-refractivity contribution < 1.29 is 91.3 Å². The summed E-state index contributed by atoms with van der Waals surface area (Å²) < 4.78 is 52.9. The molecule has 3 unspecified atom stereocenters. The first-order chi connectivity index (χ1) is 21.2. The van der Waals surface area contributed by atoms with Gasteiger partial charge in [-0.25, -0.2) is 0 Å². The van der Waals surface area contributed by atoms with Crippen LogP contribution in [0.5, 0.6) is 0 Å². The van der Waals surface area contributed by atoms with Gasteiger partial charge in [0.25, 0.3) is 0 Å². The molecule has 2 heterocycles. The molecule has 1 aliphatic rings. The second-order valence-electron chi connectivity index (χ2n) is 11.1. The molecule has 0 aliphatic carbocycles. The maximum atomic E-state index is 12.7. The van der Waals surface area contributed by atoms with Crippen molar-refractivity contribution in [3.63, 3.8) is 0 Å². The second kappa shape index (κ2) is 20.4. The van der Waals surface area contributed by atoms with Gasteiger partial charge in [-0.2, -0.15) is 0 Å². The normalized spacial score (nSPS) is 20.9. The molecule has 2 aromatic rings. The van der Waals surface area contributed by atoms with Crippen LogP contribution in [-0.4, -0.2) is 116 Å². The number of rotatable bonds is 14. The molecule has 3 rings (SSSR count). The molecule has 1 fully saturated rings. The summed E-state index contributed by atoms with van der Waals surface area (Å²) in [5, 5.41) is 1.03. The molecule has 46 heavy (non-hydrogen) atoms. The van der Waals surface area contributed by atoms with Crippen LogP contribution in [0.2, 0.25) is 0 Å². The number of aromatic nitrogens is 1. The molecule has 0 saturated carbocycles. The Morgan fingerprint density at radius 3 is 1.43 bits per heavy atom. The van der Waals surface area contributed by atoms with Crippen LogP contribution in [0.1, 0.15) is 32.0 Å². The van der Waals surface area contributed by atoms with Crippen LogP contribution in [-0.2, 0) is 33.8 Å². The van der Waals surface area contributed by atoms with Crippen LogP contribution in [0, 0.1) is 56.3 Å². The van der Waals surface area contributed by atoms with E-state index in [0.29, 0.717) is 32.7 Å². The summed E-state index contributed by atoms with van der Waals surface area (Å²) >= 11 is 0. The smallest absolute Gasteiger partial charge is 0.778 e. The van der Waals surface area contributed by atoms with E-state index in [0.717, 1.165) is 22.2 Å². The fraction of sp³-hybridized carbons (Fsp3) is 0.679. The largest absolute Gasteiger partial charge is 3.00 e. The fourth-order valence-electron chi connectivity index (χ4n) is 5.21. The summed E-state index contributed by atoms with van der Waals surface area (Å²) in [7, 11) is -12.6. The zero-order valence-corrected chi connectivity index (χ0v) is 32.2. The van der Waals surface area contributed by atoms with Gasteiger partial charge in [0.1, 0.15) is 22.8 Å². The molecule has 3 atom stereocenters. The summed E-state index contributed by atoms with van der Waals surface area (Å²) in [5.74, 6) is 0. The topological polar surface area (TPSA) is 174 Å². The number of nitrogens with zero attached hydrogens (tertiary/aromatic N) is 5. The predicted octanol–water partition coefficient (Wildman–Crippen LogP) is 1.91. The minimum absolute atomic E-state index is 0. The number of fused-ring (bicyclic) bond motifs is 1. The maximum Gasteiger partial charge on any atom is 3.00 e. The van der Waals surface area contributed by atoms with E-state index in [2.05, 4.69) is 11.0 Å². The van der Waals surface area contributed by atoms with E-state index in [-0.39, 0.29) is 114 Å². The number of hydrogen-bond acceptors (Lipinski definition) is 14. The molecule has 1 aromatic carbocycles. The molecule has 18 heteroatoms. The van der Waals surface area contributed by atoms with E-state index in [4.69, 9.17) is 18.6 Å². The Bertz CT molecular complexity index is 1330. The number of hydrogen-bond donors (Lipinski definition) is 0. The van der Waals surface area contributed by atoms with Crippen molar-refractivity contribution in [2.24, 2.45) is 0 Å². The number of pyridine rings is 1. The van der Waals surface area contributed by atoms with Gasteiger partial charge in [0, 0.05) is 64.3 Å². The zero-order valence-electron chi connectivity index (χ0n) is 27.1. The third kappa shape index (κ3) is 15.6. The Morgan fingerprint density at radius 1 is 0.652 bits per heavy atom. The molecular weight excluding hydrogens is 795 g/mol. The summed E-state index contributed by atoms with van der Waals surface area (Å²) in [5.41, 5.74) is 2.84. The van der Waals surface area contributed by atoms with Gasteiger partial charge in [0.15, 0.2) is 0 Å². The Morgan fingerprint density at radius 2 is 1.04 bits per heavy atom. The standard InChI is InChI=1S/C28H50N5O9P3.Eu/c1-5-40-43(34,35)22-31-14-12-30(21-27-10-9-26-20-25(4)8-11-28(26)29-27)13-15-32(23-44(36,37)41-6-2)17-19-33(18-16-31)24-45(38,39)42-7-3;/h8-11,20H,5-7,12-19,21-24H2,1-4H3,(H,34,35)(H,36,37)(H,38,39);/q;+3/p-3. The van der Waals surface area contributed by atoms with Gasteiger partial charge < -0.3 is 41.9 Å². The molecule has 1 aliphatic heterocycles. The summed E-state index contributed by atoms with van der Waals surface area (Å²) in [6, 6.07) is 10.0. The average Bonchev–Trinajstić information content (AvgIpc) is 2.94. The maximum absolute atomic E-state index is 12.7. The monoisotopic (exact) mass is 843 g/mol. The van der Waals surface area contributed by atoms with E-state index in [9.17, 15) is 28.4 Å². The van der Waals surface area contributed by atoms with Crippen molar-refractivity contribution >= 4 is 33.7 Å². The first kappa shape index (κ1) is 42.7. The van der Waals surface area contributed by atoms with E-state index in [1.165, 1.54) is 0 Å². The minimum Gasteiger partial charge on any atom is -0.778 e. The van der Waals surface area contributed by atoms with E-state index in [1.807, 2.05) is 31.2 Å². The van der Waals surface area contributed by atoms with Crippen molar-refractivity contribution in [3.05, 3.63) is 41.6 Å². The molecule has 1 aromatic heterocycles. The zero-order chi connectivity index (χ0) is 33.1. The van der Waals surface area contributed by atoms with Gasteiger partial charge in [0.2, 0.25) is 0 Å². The predicted molar refractivity (Wildman–Crippen MR) is 169 cm³/mol.